The van der Waals surface area contributed by atoms with E-state index in [0.29, 0.717) is 12.4 Å². The summed E-state index contributed by atoms with van der Waals surface area (Å²) in [6.07, 6.45) is 5.38. The van der Waals surface area contributed by atoms with Gasteiger partial charge in [0.15, 0.2) is 23.0 Å². The van der Waals surface area contributed by atoms with Crippen LogP contribution in [0.2, 0.25) is 0 Å². The minimum atomic E-state index is 0.158. The van der Waals surface area contributed by atoms with Gasteiger partial charge in [-0.05, 0) is 141 Å². The number of hydrogen-bond donors (Lipinski definition) is 2. The minimum Gasteiger partial charge on any atom is -0.504 e. The second-order valence-corrected chi connectivity index (χ2v) is 12.6. The van der Waals surface area contributed by atoms with E-state index in [1.54, 1.807) is 19.2 Å². The van der Waals surface area contributed by atoms with Gasteiger partial charge in [0.25, 0.3) is 0 Å². The number of aromatic hydroxyl groups is 1. The van der Waals surface area contributed by atoms with Crippen LogP contribution in [0.3, 0.4) is 0 Å². The van der Waals surface area contributed by atoms with Crippen LogP contribution in [0.1, 0.15) is 59.8 Å². The number of phenolic OH excluding ortho intramolecular Hbond substituents is 1. The number of aliphatic hydroxyl groups excluding tert-OH is 1. The highest BCUT2D eigenvalue weighted by molar-refractivity contribution is 14.1. The predicted molar refractivity (Wildman–Crippen MR) is 180 cm³/mol. The number of halogens is 2. The first kappa shape index (κ1) is 31.4. The lowest BCUT2D eigenvalue weighted by atomic mass is 10.1. The van der Waals surface area contributed by atoms with E-state index in [2.05, 4.69) is 81.6 Å². The van der Waals surface area contributed by atoms with E-state index in [1.165, 1.54) is 49.5 Å². The van der Waals surface area contributed by atoms with E-state index >= 15 is 0 Å². The van der Waals surface area contributed by atoms with Crippen molar-refractivity contribution in [2.24, 2.45) is 0 Å². The molecule has 4 aromatic carbocycles. The third-order valence-electron chi connectivity index (χ3n) is 6.90. The summed E-state index contributed by atoms with van der Waals surface area (Å²) in [5, 5.41) is 17.9. The van der Waals surface area contributed by atoms with Gasteiger partial charge in [-0.1, -0.05) is 48.5 Å². The van der Waals surface area contributed by atoms with Crippen LogP contribution in [-0.2, 0) is 13.2 Å². The Kier molecular flexibility index (Phi) is 12.0. The molecule has 5 nitrogen and oxygen atoms in total. The van der Waals surface area contributed by atoms with Crippen LogP contribution >= 0.6 is 45.2 Å². The maximum Gasteiger partial charge on any atom is 0.161 e. The second-order valence-electron chi connectivity index (χ2n) is 10.1. The molecule has 0 radical (unpaired) electrons. The standard InChI is InChI=1S/C17H17IO2.C10H12O.C7H7IO2/c1-19-17-10-15(18)8-9-16(17)20-11-12-2-4-13(5-3-12)14-6-7-14;11-7-8-1-3-9(4-2-8)10-5-6-10;1-10-7-4-5(8)2-3-6(7)9/h2-5,8-10,14H,6-7,11H2,1H3;1-4,10-11H,5-7H2;2-4,9H,1H3. The topological polar surface area (TPSA) is 68.2 Å². The fraction of sp³-hybridized carbons (Fsp3) is 0.294. The van der Waals surface area contributed by atoms with Crippen molar-refractivity contribution >= 4 is 45.2 Å². The van der Waals surface area contributed by atoms with Crippen LogP contribution in [0.4, 0.5) is 0 Å². The molecule has 2 saturated carbocycles. The largest absolute Gasteiger partial charge is 0.504 e. The number of methoxy groups -OCH3 is 2. The Morgan fingerprint density at radius 1 is 0.634 bits per heavy atom. The maximum atomic E-state index is 9.11. The summed E-state index contributed by atoms with van der Waals surface area (Å²) in [6.45, 7) is 0.729. The van der Waals surface area contributed by atoms with Crippen molar-refractivity contribution in [2.75, 3.05) is 14.2 Å². The molecule has 0 aliphatic heterocycles. The van der Waals surface area contributed by atoms with E-state index in [-0.39, 0.29) is 12.4 Å². The molecule has 4 aromatic rings. The second kappa shape index (κ2) is 15.7. The smallest absolute Gasteiger partial charge is 0.161 e. The van der Waals surface area contributed by atoms with Gasteiger partial charge in [0.05, 0.1) is 20.8 Å². The van der Waals surface area contributed by atoms with Gasteiger partial charge < -0.3 is 24.4 Å². The van der Waals surface area contributed by atoms with Crippen molar-refractivity contribution in [3.05, 3.63) is 114 Å². The molecule has 7 heteroatoms. The van der Waals surface area contributed by atoms with Crippen molar-refractivity contribution in [1.29, 1.82) is 0 Å². The molecule has 0 saturated heterocycles. The summed E-state index contributed by atoms with van der Waals surface area (Å²) in [5.74, 6) is 3.91. The van der Waals surface area contributed by atoms with E-state index < -0.39 is 0 Å². The first-order valence-corrected chi connectivity index (χ1v) is 15.8. The van der Waals surface area contributed by atoms with Gasteiger partial charge in [-0.3, -0.25) is 0 Å². The molecule has 0 atom stereocenters. The van der Waals surface area contributed by atoms with Crippen molar-refractivity contribution in [1.82, 2.24) is 0 Å². The Balaban J connectivity index is 0.000000156. The third-order valence-corrected chi connectivity index (χ3v) is 8.24. The Morgan fingerprint density at radius 3 is 1.59 bits per heavy atom. The van der Waals surface area contributed by atoms with Gasteiger partial charge in [0.1, 0.15) is 6.61 Å². The number of hydrogen-bond acceptors (Lipinski definition) is 5. The fourth-order valence-electron chi connectivity index (χ4n) is 4.19. The molecule has 216 valence electrons. The summed E-state index contributed by atoms with van der Waals surface area (Å²) in [5.41, 5.74) is 5.09. The molecule has 41 heavy (non-hydrogen) atoms. The summed E-state index contributed by atoms with van der Waals surface area (Å²) in [4.78, 5) is 0. The highest BCUT2D eigenvalue weighted by atomic mass is 127. The lowest BCUT2D eigenvalue weighted by molar-refractivity contribution is 0.282. The quantitative estimate of drug-likeness (QED) is 0.175. The number of ether oxygens (including phenoxy) is 3. The Labute approximate surface area is 270 Å². The van der Waals surface area contributed by atoms with Crippen LogP contribution in [0.25, 0.3) is 0 Å². The fourth-order valence-corrected chi connectivity index (χ4v) is 5.11. The van der Waals surface area contributed by atoms with Gasteiger partial charge >= 0.3 is 0 Å². The van der Waals surface area contributed by atoms with Crippen molar-refractivity contribution < 1.29 is 24.4 Å². The maximum absolute atomic E-state index is 9.11. The van der Waals surface area contributed by atoms with Crippen LogP contribution < -0.4 is 14.2 Å². The summed E-state index contributed by atoms with van der Waals surface area (Å²) >= 11 is 4.42. The molecule has 0 spiro atoms. The van der Waals surface area contributed by atoms with Crippen molar-refractivity contribution in [3.8, 4) is 23.0 Å². The molecular formula is C34H36I2O5. The summed E-state index contributed by atoms with van der Waals surface area (Å²) < 4.78 is 18.3. The van der Waals surface area contributed by atoms with Crippen LogP contribution in [0.5, 0.6) is 23.0 Å². The predicted octanol–water partition coefficient (Wildman–Crippen LogP) is 8.82. The zero-order valence-corrected chi connectivity index (χ0v) is 27.7. The van der Waals surface area contributed by atoms with Crippen molar-refractivity contribution in [2.45, 2.75) is 50.7 Å². The SMILES string of the molecule is COc1cc(I)ccc1O.COc1cc(I)ccc1OCc1ccc(C2CC2)cc1.OCc1ccc(C2CC2)cc1. The molecule has 2 aliphatic rings. The molecule has 0 bridgehead atoms. The first-order chi connectivity index (χ1) is 19.9. The first-order valence-electron chi connectivity index (χ1n) is 13.7. The van der Waals surface area contributed by atoms with Crippen molar-refractivity contribution in [3.63, 3.8) is 0 Å². The van der Waals surface area contributed by atoms with Gasteiger partial charge in [0, 0.05) is 7.14 Å². The van der Waals surface area contributed by atoms with Gasteiger partial charge in [-0.25, -0.2) is 0 Å². The highest BCUT2D eigenvalue weighted by Gasteiger charge is 2.23. The van der Waals surface area contributed by atoms with Gasteiger partial charge in [0.2, 0.25) is 0 Å². The van der Waals surface area contributed by atoms with Gasteiger partial charge in [-0.15, -0.1) is 0 Å². The zero-order chi connectivity index (χ0) is 29.2. The lowest BCUT2D eigenvalue weighted by Crippen LogP contribution is -1.98. The monoisotopic (exact) mass is 778 g/mol. The summed E-state index contributed by atoms with van der Waals surface area (Å²) in [7, 11) is 3.20. The molecule has 2 fully saturated rings. The molecule has 0 aromatic heterocycles. The third kappa shape index (κ3) is 10.1. The lowest BCUT2D eigenvalue weighted by Gasteiger charge is -2.11. The number of phenols is 1. The number of benzene rings is 4. The number of rotatable bonds is 8. The average Bonchev–Trinajstić information content (AvgIpc) is 3.93. The van der Waals surface area contributed by atoms with E-state index in [4.69, 9.17) is 24.4 Å². The van der Waals surface area contributed by atoms with Gasteiger partial charge in [-0.2, -0.15) is 0 Å². The van der Waals surface area contributed by atoms with Crippen LogP contribution in [0.15, 0.2) is 84.9 Å². The van der Waals surface area contributed by atoms with E-state index in [1.807, 2.05) is 36.4 Å². The molecule has 2 N–H and O–H groups in total. The number of aliphatic hydroxyl groups is 1. The average molecular weight is 778 g/mol. The molecule has 0 amide bonds. The molecule has 6 rings (SSSR count). The normalized spacial score (nSPS) is 13.7. The highest BCUT2D eigenvalue weighted by Crippen LogP contribution is 2.40. The molecular weight excluding hydrogens is 742 g/mol. The zero-order valence-electron chi connectivity index (χ0n) is 23.4. The van der Waals surface area contributed by atoms with Crippen LogP contribution in [0, 0.1) is 7.14 Å². The molecule has 0 heterocycles. The minimum absolute atomic E-state index is 0.158. The Bertz CT molecular complexity index is 1380. The van der Waals surface area contributed by atoms with Crippen LogP contribution in [-0.4, -0.2) is 24.4 Å². The van der Waals surface area contributed by atoms with E-state index in [9.17, 15) is 0 Å². The Hall–Kier alpha value is -2.50. The summed E-state index contributed by atoms with van der Waals surface area (Å²) in [6, 6.07) is 28.2. The molecule has 2 aliphatic carbocycles. The molecule has 0 unspecified atom stereocenters. The Morgan fingerprint density at radius 2 is 1.12 bits per heavy atom. The van der Waals surface area contributed by atoms with E-state index in [0.717, 1.165) is 36.0 Å².